The van der Waals surface area contributed by atoms with E-state index in [1.165, 1.54) is 12.1 Å². The molecule has 142 valence electrons. The minimum Gasteiger partial charge on any atom is -0.366 e. The van der Waals surface area contributed by atoms with E-state index >= 15 is 0 Å². The molecule has 4 rings (SSSR count). The van der Waals surface area contributed by atoms with Gasteiger partial charge in [-0.25, -0.2) is 15.0 Å². The van der Waals surface area contributed by atoms with E-state index in [1.54, 1.807) is 12.4 Å². The second-order valence-corrected chi connectivity index (χ2v) is 6.60. The Morgan fingerprint density at radius 3 is 2.43 bits per heavy atom. The highest BCUT2D eigenvalue weighted by Gasteiger charge is 2.29. The Kier molecular flexibility index (Phi) is 4.81. The van der Waals surface area contributed by atoms with Crippen molar-refractivity contribution in [3.8, 4) is 0 Å². The summed E-state index contributed by atoms with van der Waals surface area (Å²) >= 11 is 0. The SMILES string of the molecule is FC(F)(F)c1ccc(CNc2ccc(CC3C=Nc4ncccc43)cn2)cc1. The highest BCUT2D eigenvalue weighted by molar-refractivity contribution is 5.79. The zero-order chi connectivity index (χ0) is 19.6. The van der Waals surface area contributed by atoms with Crippen molar-refractivity contribution in [2.45, 2.75) is 25.1 Å². The van der Waals surface area contributed by atoms with Gasteiger partial charge in [-0.15, -0.1) is 0 Å². The first-order chi connectivity index (χ1) is 13.5. The fourth-order valence-electron chi connectivity index (χ4n) is 3.12. The van der Waals surface area contributed by atoms with Gasteiger partial charge in [-0.2, -0.15) is 13.2 Å². The zero-order valence-corrected chi connectivity index (χ0v) is 14.8. The van der Waals surface area contributed by atoms with Gasteiger partial charge in [0.15, 0.2) is 5.82 Å². The topological polar surface area (TPSA) is 50.2 Å². The minimum absolute atomic E-state index is 0.191. The van der Waals surface area contributed by atoms with Crippen LogP contribution in [0.2, 0.25) is 0 Å². The average Bonchev–Trinajstić information content (AvgIpc) is 3.10. The monoisotopic (exact) mass is 382 g/mol. The number of fused-ring (bicyclic) bond motifs is 1. The van der Waals surface area contributed by atoms with Gasteiger partial charge in [-0.3, -0.25) is 0 Å². The van der Waals surface area contributed by atoms with Gasteiger partial charge in [-0.05, 0) is 41.8 Å². The predicted octanol–water partition coefficient (Wildman–Crippen LogP) is 5.15. The maximum absolute atomic E-state index is 12.6. The fourth-order valence-corrected chi connectivity index (χ4v) is 3.12. The van der Waals surface area contributed by atoms with Gasteiger partial charge >= 0.3 is 6.18 Å². The first kappa shape index (κ1) is 18.2. The van der Waals surface area contributed by atoms with E-state index in [9.17, 15) is 13.2 Å². The Hall–Kier alpha value is -3.22. The van der Waals surface area contributed by atoms with Crippen molar-refractivity contribution >= 4 is 17.9 Å². The number of hydrogen-bond donors (Lipinski definition) is 1. The van der Waals surface area contributed by atoms with Crippen LogP contribution in [0.1, 0.15) is 28.2 Å². The Morgan fingerprint density at radius 2 is 1.71 bits per heavy atom. The van der Waals surface area contributed by atoms with Crippen LogP contribution < -0.4 is 5.32 Å². The van der Waals surface area contributed by atoms with E-state index in [0.29, 0.717) is 12.4 Å². The van der Waals surface area contributed by atoms with Crippen molar-refractivity contribution in [2.24, 2.45) is 4.99 Å². The molecule has 0 saturated carbocycles. The molecular weight excluding hydrogens is 365 g/mol. The first-order valence-electron chi connectivity index (χ1n) is 8.83. The average molecular weight is 382 g/mol. The highest BCUT2D eigenvalue weighted by atomic mass is 19.4. The summed E-state index contributed by atoms with van der Waals surface area (Å²) < 4.78 is 37.8. The van der Waals surface area contributed by atoms with Crippen molar-refractivity contribution in [2.75, 3.05) is 5.32 Å². The van der Waals surface area contributed by atoms with Crippen molar-refractivity contribution in [1.29, 1.82) is 0 Å². The molecule has 0 radical (unpaired) electrons. The maximum Gasteiger partial charge on any atom is 0.416 e. The standard InChI is InChI=1S/C21H17F3N4/c22-21(23,24)17-6-3-14(4-7-17)11-26-19-8-5-15(12-27-19)10-16-13-28-20-18(16)2-1-9-25-20/h1-9,12-13,16H,10-11H2,(H,26,27). The summed E-state index contributed by atoms with van der Waals surface area (Å²) in [4.78, 5) is 13.0. The lowest BCUT2D eigenvalue weighted by atomic mass is 9.96. The number of anilines is 1. The Labute approximate surface area is 160 Å². The number of aromatic nitrogens is 2. The Bertz CT molecular complexity index is 980. The number of benzene rings is 1. The van der Waals surface area contributed by atoms with Crippen LogP contribution in [0.25, 0.3) is 0 Å². The number of hydrogen-bond acceptors (Lipinski definition) is 4. The lowest BCUT2D eigenvalue weighted by molar-refractivity contribution is -0.137. The van der Waals surface area contributed by atoms with Crippen LogP contribution in [-0.2, 0) is 19.1 Å². The lowest BCUT2D eigenvalue weighted by Gasteiger charge is -2.11. The molecule has 1 atom stereocenters. The summed E-state index contributed by atoms with van der Waals surface area (Å²) in [6, 6.07) is 12.9. The number of nitrogens with zero attached hydrogens (tertiary/aromatic N) is 3. The molecule has 0 fully saturated rings. The van der Waals surface area contributed by atoms with Crippen molar-refractivity contribution in [3.63, 3.8) is 0 Å². The van der Waals surface area contributed by atoms with Crippen LogP contribution in [0.3, 0.4) is 0 Å². The molecule has 3 heterocycles. The van der Waals surface area contributed by atoms with Crippen LogP contribution >= 0.6 is 0 Å². The quantitative estimate of drug-likeness (QED) is 0.664. The summed E-state index contributed by atoms with van der Waals surface area (Å²) in [5.74, 6) is 1.64. The summed E-state index contributed by atoms with van der Waals surface area (Å²) in [7, 11) is 0. The van der Waals surface area contributed by atoms with Gasteiger partial charge < -0.3 is 5.32 Å². The molecule has 1 aliphatic rings. The largest absolute Gasteiger partial charge is 0.416 e. The summed E-state index contributed by atoms with van der Waals surface area (Å²) in [6.45, 7) is 0.402. The zero-order valence-electron chi connectivity index (χ0n) is 14.8. The third-order valence-electron chi connectivity index (χ3n) is 4.63. The maximum atomic E-state index is 12.6. The van der Waals surface area contributed by atoms with Gasteiger partial charge in [0.25, 0.3) is 0 Å². The van der Waals surface area contributed by atoms with E-state index in [-0.39, 0.29) is 5.92 Å². The van der Waals surface area contributed by atoms with E-state index in [1.807, 2.05) is 30.5 Å². The van der Waals surface area contributed by atoms with Gasteiger partial charge in [0.2, 0.25) is 0 Å². The van der Waals surface area contributed by atoms with Gasteiger partial charge in [0.05, 0.1) is 5.56 Å². The van der Waals surface area contributed by atoms with Gasteiger partial charge in [-0.1, -0.05) is 24.3 Å². The lowest BCUT2D eigenvalue weighted by Crippen LogP contribution is -2.06. The summed E-state index contributed by atoms with van der Waals surface area (Å²) in [6.07, 6.45) is 1.92. The molecule has 0 spiro atoms. The van der Waals surface area contributed by atoms with Crippen LogP contribution in [0.5, 0.6) is 0 Å². The molecule has 1 aliphatic heterocycles. The molecule has 7 heteroatoms. The predicted molar refractivity (Wildman–Crippen MR) is 102 cm³/mol. The second kappa shape index (κ2) is 7.42. The van der Waals surface area contributed by atoms with Crippen LogP contribution in [0.4, 0.5) is 24.8 Å². The third-order valence-corrected chi connectivity index (χ3v) is 4.63. The van der Waals surface area contributed by atoms with Crippen molar-refractivity contribution in [1.82, 2.24) is 9.97 Å². The Morgan fingerprint density at radius 1 is 0.929 bits per heavy atom. The molecule has 1 N–H and O–H groups in total. The van der Waals surface area contributed by atoms with E-state index in [4.69, 9.17) is 0 Å². The van der Waals surface area contributed by atoms with Gasteiger partial charge in [0, 0.05) is 36.6 Å². The molecule has 4 nitrogen and oxygen atoms in total. The van der Waals surface area contributed by atoms with Gasteiger partial charge in [0.1, 0.15) is 5.82 Å². The number of rotatable bonds is 5. The van der Waals surface area contributed by atoms with E-state index in [0.717, 1.165) is 41.1 Å². The molecule has 3 aromatic rings. The fraction of sp³-hybridized carbons (Fsp3) is 0.190. The molecular formula is C21H17F3N4. The third kappa shape index (κ3) is 4.03. The van der Waals surface area contributed by atoms with E-state index < -0.39 is 11.7 Å². The second-order valence-electron chi connectivity index (χ2n) is 6.60. The molecule has 0 aliphatic carbocycles. The molecule has 0 bridgehead atoms. The van der Waals surface area contributed by atoms with E-state index in [2.05, 4.69) is 20.3 Å². The van der Waals surface area contributed by atoms with Crippen LogP contribution in [0.15, 0.2) is 65.9 Å². The minimum atomic E-state index is -4.32. The summed E-state index contributed by atoms with van der Waals surface area (Å²) in [5, 5.41) is 3.13. The number of halogens is 3. The van der Waals surface area contributed by atoms with Crippen LogP contribution in [-0.4, -0.2) is 16.2 Å². The Balaban J connectivity index is 1.35. The summed E-state index contributed by atoms with van der Waals surface area (Å²) in [5.41, 5.74) is 2.30. The molecule has 1 aromatic carbocycles. The first-order valence-corrected chi connectivity index (χ1v) is 8.83. The number of nitrogens with one attached hydrogen (secondary N) is 1. The highest BCUT2D eigenvalue weighted by Crippen LogP contribution is 2.32. The molecule has 2 aromatic heterocycles. The van der Waals surface area contributed by atoms with Crippen molar-refractivity contribution in [3.05, 3.63) is 83.2 Å². The number of alkyl halides is 3. The molecule has 28 heavy (non-hydrogen) atoms. The molecule has 0 amide bonds. The van der Waals surface area contributed by atoms with Crippen molar-refractivity contribution < 1.29 is 13.2 Å². The number of aliphatic imine (C=N–C) groups is 1. The molecule has 1 unspecified atom stereocenters. The number of pyridine rings is 2. The molecule has 0 saturated heterocycles. The van der Waals surface area contributed by atoms with Crippen LogP contribution in [0, 0.1) is 0 Å². The smallest absolute Gasteiger partial charge is 0.366 e. The normalized spacial score (nSPS) is 15.5.